The molecule has 0 heterocycles. The molecule has 0 aliphatic heterocycles. The van der Waals surface area contributed by atoms with Gasteiger partial charge in [-0.2, -0.15) is 0 Å². The highest BCUT2D eigenvalue weighted by atomic mass is 28.4. The van der Waals surface area contributed by atoms with Gasteiger partial charge in [-0.05, 0) is 18.1 Å². The van der Waals surface area contributed by atoms with Crippen molar-refractivity contribution in [3.63, 3.8) is 0 Å². The zero-order valence-electron chi connectivity index (χ0n) is 11.9. The maximum absolute atomic E-state index is 10.5. The fraction of sp³-hybridized carbons (Fsp3) is 0.917. The Kier molecular flexibility index (Phi) is 6.36. The third-order valence-electron chi connectivity index (χ3n) is 3.20. The van der Waals surface area contributed by atoms with Gasteiger partial charge < -0.3 is 14.3 Å². The summed E-state index contributed by atoms with van der Waals surface area (Å²) in [6, 6.07) is 0. The fourth-order valence-electron chi connectivity index (χ4n) is 0.943. The molecule has 0 fully saturated rings. The molecule has 0 aliphatic carbocycles. The van der Waals surface area contributed by atoms with Crippen LogP contribution in [0.3, 0.4) is 0 Å². The highest BCUT2D eigenvalue weighted by molar-refractivity contribution is 6.74. The van der Waals surface area contributed by atoms with Gasteiger partial charge in [0.15, 0.2) is 8.32 Å². The van der Waals surface area contributed by atoms with E-state index in [2.05, 4.69) is 33.9 Å². The molecular formula is C12H26O4Si. The lowest BCUT2D eigenvalue weighted by Gasteiger charge is -2.36. The molecule has 0 amide bonds. The van der Waals surface area contributed by atoms with E-state index in [1.165, 1.54) is 6.92 Å². The predicted molar refractivity (Wildman–Crippen MR) is 70.4 cm³/mol. The van der Waals surface area contributed by atoms with E-state index in [1.807, 2.05) is 0 Å². The summed E-state index contributed by atoms with van der Waals surface area (Å²) < 4.78 is 10.6. The van der Waals surface area contributed by atoms with Gasteiger partial charge in [-0.15, -0.1) is 0 Å². The summed E-state index contributed by atoms with van der Waals surface area (Å²) in [5.41, 5.74) is 0. The van der Waals surface area contributed by atoms with Crippen molar-refractivity contribution in [2.75, 3.05) is 13.2 Å². The molecule has 0 aromatic rings. The Balaban J connectivity index is 3.91. The van der Waals surface area contributed by atoms with Gasteiger partial charge in [-0.1, -0.05) is 20.8 Å². The molecule has 0 bridgehead atoms. The number of hydrogen-bond donors (Lipinski definition) is 1. The van der Waals surface area contributed by atoms with Crippen molar-refractivity contribution in [1.29, 1.82) is 0 Å². The molecule has 0 saturated carbocycles. The van der Waals surface area contributed by atoms with E-state index in [-0.39, 0.29) is 17.6 Å². The lowest BCUT2D eigenvalue weighted by Crippen LogP contribution is -2.42. The monoisotopic (exact) mass is 262 g/mol. The minimum atomic E-state index is -1.80. The number of hydrogen-bond acceptors (Lipinski definition) is 4. The average molecular weight is 262 g/mol. The standard InChI is InChI=1S/C12H26O4Si/c1-10(13)15-8-7-11(14)9-16-17(5,6)12(2,3)4/h11,14H,7-9H2,1-6H3/t11-/m0/s1. The second-order valence-electron chi connectivity index (χ2n) is 5.85. The van der Waals surface area contributed by atoms with E-state index < -0.39 is 14.4 Å². The highest BCUT2D eigenvalue weighted by Crippen LogP contribution is 2.36. The van der Waals surface area contributed by atoms with Crippen LogP contribution < -0.4 is 0 Å². The Morgan fingerprint density at radius 2 is 1.88 bits per heavy atom. The number of aliphatic hydroxyl groups excluding tert-OH is 1. The largest absolute Gasteiger partial charge is 0.466 e. The van der Waals surface area contributed by atoms with E-state index in [0.717, 1.165) is 0 Å². The van der Waals surface area contributed by atoms with Gasteiger partial charge in [0.25, 0.3) is 0 Å². The number of carbonyl (C=O) groups is 1. The van der Waals surface area contributed by atoms with Gasteiger partial charge in [-0.25, -0.2) is 0 Å². The van der Waals surface area contributed by atoms with Crippen LogP contribution in [0, 0.1) is 0 Å². The molecule has 5 heteroatoms. The van der Waals surface area contributed by atoms with Crippen LogP contribution in [0.25, 0.3) is 0 Å². The molecule has 0 rings (SSSR count). The van der Waals surface area contributed by atoms with Crippen LogP contribution in [-0.2, 0) is 14.0 Å². The predicted octanol–water partition coefficient (Wildman–Crippen LogP) is 2.32. The molecule has 0 radical (unpaired) electrons. The molecular weight excluding hydrogens is 236 g/mol. The number of aliphatic hydroxyl groups is 1. The molecule has 0 saturated heterocycles. The molecule has 0 aromatic carbocycles. The lowest BCUT2D eigenvalue weighted by atomic mass is 10.2. The van der Waals surface area contributed by atoms with E-state index in [9.17, 15) is 9.90 Å². The minimum Gasteiger partial charge on any atom is -0.466 e. The van der Waals surface area contributed by atoms with Crippen molar-refractivity contribution < 1.29 is 19.1 Å². The van der Waals surface area contributed by atoms with Gasteiger partial charge in [0.05, 0.1) is 19.3 Å². The van der Waals surface area contributed by atoms with Crippen LogP contribution in [0.1, 0.15) is 34.1 Å². The molecule has 102 valence electrons. The summed E-state index contributed by atoms with van der Waals surface area (Å²) in [4.78, 5) is 10.5. The first-order valence-electron chi connectivity index (χ1n) is 6.01. The average Bonchev–Trinajstić information content (AvgIpc) is 2.12. The Bertz CT molecular complexity index is 245. The van der Waals surface area contributed by atoms with Crippen LogP contribution in [0.5, 0.6) is 0 Å². The Morgan fingerprint density at radius 3 is 2.29 bits per heavy atom. The quantitative estimate of drug-likeness (QED) is 0.589. The maximum Gasteiger partial charge on any atom is 0.302 e. The van der Waals surface area contributed by atoms with Crippen molar-refractivity contribution >= 4 is 14.3 Å². The SMILES string of the molecule is CC(=O)OCC[C@H](O)CO[Si](C)(C)C(C)(C)C. The summed E-state index contributed by atoms with van der Waals surface area (Å²) in [5.74, 6) is -0.317. The Labute approximate surface area is 105 Å². The maximum atomic E-state index is 10.5. The van der Waals surface area contributed by atoms with Gasteiger partial charge in [0.1, 0.15) is 0 Å². The fourth-order valence-corrected chi connectivity index (χ4v) is 1.99. The van der Waals surface area contributed by atoms with Crippen LogP contribution >= 0.6 is 0 Å². The Morgan fingerprint density at radius 1 is 1.35 bits per heavy atom. The van der Waals surface area contributed by atoms with Gasteiger partial charge in [0.2, 0.25) is 0 Å². The van der Waals surface area contributed by atoms with Crippen molar-refractivity contribution in [2.45, 2.75) is 58.4 Å². The number of carbonyl (C=O) groups excluding carboxylic acids is 1. The normalized spacial score (nSPS) is 14.5. The molecule has 1 atom stereocenters. The Hall–Kier alpha value is -0.393. The van der Waals surface area contributed by atoms with Crippen molar-refractivity contribution in [3.05, 3.63) is 0 Å². The molecule has 0 aromatic heterocycles. The molecule has 0 spiro atoms. The minimum absolute atomic E-state index is 0.141. The van der Waals surface area contributed by atoms with Crippen molar-refractivity contribution in [3.8, 4) is 0 Å². The van der Waals surface area contributed by atoms with Gasteiger partial charge >= 0.3 is 5.97 Å². The smallest absolute Gasteiger partial charge is 0.302 e. The van der Waals surface area contributed by atoms with Crippen LogP contribution in [0.15, 0.2) is 0 Å². The first kappa shape index (κ1) is 16.6. The summed E-state index contributed by atoms with van der Waals surface area (Å²) in [7, 11) is -1.80. The zero-order valence-corrected chi connectivity index (χ0v) is 12.9. The second kappa shape index (κ2) is 6.52. The number of ether oxygens (including phenoxy) is 1. The molecule has 1 N–H and O–H groups in total. The van der Waals surface area contributed by atoms with Crippen LogP contribution in [0.4, 0.5) is 0 Å². The van der Waals surface area contributed by atoms with Crippen LogP contribution in [0.2, 0.25) is 18.1 Å². The van der Waals surface area contributed by atoms with Gasteiger partial charge in [-0.3, -0.25) is 4.79 Å². The summed E-state index contributed by atoms with van der Waals surface area (Å²) in [6.45, 7) is 12.7. The lowest BCUT2D eigenvalue weighted by molar-refractivity contribution is -0.141. The number of esters is 1. The third-order valence-corrected chi connectivity index (χ3v) is 7.70. The third kappa shape index (κ3) is 6.80. The molecule has 0 aliphatic rings. The highest BCUT2D eigenvalue weighted by Gasteiger charge is 2.37. The van der Waals surface area contributed by atoms with Crippen LogP contribution in [-0.4, -0.2) is 38.7 Å². The molecule has 4 nitrogen and oxygen atoms in total. The van der Waals surface area contributed by atoms with E-state index >= 15 is 0 Å². The molecule has 17 heavy (non-hydrogen) atoms. The molecule has 0 unspecified atom stereocenters. The first-order chi connectivity index (χ1) is 7.56. The summed E-state index contributed by atoms with van der Waals surface area (Å²) in [5, 5.41) is 9.84. The number of rotatable bonds is 6. The van der Waals surface area contributed by atoms with E-state index in [0.29, 0.717) is 13.0 Å². The van der Waals surface area contributed by atoms with Gasteiger partial charge in [0, 0.05) is 13.3 Å². The van der Waals surface area contributed by atoms with E-state index in [4.69, 9.17) is 9.16 Å². The first-order valence-corrected chi connectivity index (χ1v) is 8.92. The summed E-state index contributed by atoms with van der Waals surface area (Å²) in [6.07, 6.45) is -0.141. The van der Waals surface area contributed by atoms with Crippen molar-refractivity contribution in [2.24, 2.45) is 0 Å². The second-order valence-corrected chi connectivity index (χ2v) is 10.7. The summed E-state index contributed by atoms with van der Waals surface area (Å²) >= 11 is 0. The topological polar surface area (TPSA) is 55.8 Å². The zero-order chi connectivity index (χ0) is 13.7. The van der Waals surface area contributed by atoms with E-state index in [1.54, 1.807) is 0 Å². The van der Waals surface area contributed by atoms with Crippen molar-refractivity contribution in [1.82, 2.24) is 0 Å².